The highest BCUT2D eigenvalue weighted by Gasteiger charge is 2.12. The lowest BCUT2D eigenvalue weighted by Gasteiger charge is -2.18. The normalized spacial score (nSPS) is 22.6. The van der Waals surface area contributed by atoms with Gasteiger partial charge in [-0.2, -0.15) is 0 Å². The molecule has 1 saturated carbocycles. The Morgan fingerprint density at radius 3 is 2.29 bits per heavy atom. The van der Waals surface area contributed by atoms with Crippen LogP contribution >= 0.6 is 0 Å². The van der Waals surface area contributed by atoms with Gasteiger partial charge in [-0.15, -0.1) is 0 Å². The molecule has 0 aliphatic heterocycles. The highest BCUT2D eigenvalue weighted by Crippen LogP contribution is 2.22. The smallest absolute Gasteiger partial charge is 0.0577 e. The molecule has 1 atom stereocenters. The number of allylic oxidation sites excluding steroid dienone is 2. The van der Waals surface area contributed by atoms with Crippen molar-refractivity contribution >= 4 is 0 Å². The first-order valence-electron chi connectivity index (χ1n) is 5.81. The van der Waals surface area contributed by atoms with Gasteiger partial charge in [0.05, 0.1) is 6.10 Å². The minimum atomic E-state index is -0.0973. The van der Waals surface area contributed by atoms with Gasteiger partial charge in [-0.05, 0) is 25.7 Å². The maximum Gasteiger partial charge on any atom is 0.0577 e. The molecule has 84 valence electrons. The van der Waals surface area contributed by atoms with Gasteiger partial charge >= 0.3 is 0 Å². The van der Waals surface area contributed by atoms with Crippen molar-refractivity contribution in [2.45, 2.75) is 59.5 Å². The molecule has 0 saturated heterocycles. The van der Waals surface area contributed by atoms with Gasteiger partial charge in [0.15, 0.2) is 0 Å². The highest BCUT2D eigenvalue weighted by molar-refractivity contribution is 5.12. The molecule has 1 fully saturated rings. The Kier molecular flexibility index (Phi) is 14.1. The maximum atomic E-state index is 9.23. The van der Waals surface area contributed by atoms with Crippen LogP contribution in [0.1, 0.15) is 53.4 Å². The van der Waals surface area contributed by atoms with Crippen LogP contribution in [0.2, 0.25) is 0 Å². The fourth-order valence-corrected chi connectivity index (χ4v) is 1.39. The molecule has 1 N–H and O–H groups in total. The van der Waals surface area contributed by atoms with Gasteiger partial charge in [0.1, 0.15) is 0 Å². The van der Waals surface area contributed by atoms with Crippen molar-refractivity contribution in [2.75, 3.05) is 0 Å². The molecule has 0 aromatic heterocycles. The Hall–Kier alpha value is -0.560. The number of aliphatic hydroxyl groups is 1. The monoisotopic (exact) mass is 198 g/mol. The standard InChI is InChI=1S/C9H14O.2C2H6/c1-2-4-8-5-3-6-9(10)7-8;2*1-2/h2,4,9-10H,1,3,5-7H2;2*1-2H3. The van der Waals surface area contributed by atoms with Crippen molar-refractivity contribution in [3.8, 4) is 0 Å². The predicted octanol–water partition coefficient (Wildman–Crippen LogP) is 4.09. The Morgan fingerprint density at radius 1 is 1.29 bits per heavy atom. The lowest BCUT2D eigenvalue weighted by molar-refractivity contribution is 0.149. The van der Waals surface area contributed by atoms with E-state index in [0.29, 0.717) is 0 Å². The van der Waals surface area contributed by atoms with Crippen molar-refractivity contribution in [2.24, 2.45) is 0 Å². The summed E-state index contributed by atoms with van der Waals surface area (Å²) in [7, 11) is 0. The van der Waals surface area contributed by atoms with Crippen molar-refractivity contribution in [3.05, 3.63) is 24.3 Å². The first-order valence-corrected chi connectivity index (χ1v) is 5.81. The van der Waals surface area contributed by atoms with Crippen LogP contribution < -0.4 is 0 Å². The van der Waals surface area contributed by atoms with Crippen LogP contribution in [0.3, 0.4) is 0 Å². The molecule has 0 amide bonds. The van der Waals surface area contributed by atoms with E-state index in [1.54, 1.807) is 6.08 Å². The van der Waals surface area contributed by atoms with Gasteiger partial charge in [0.25, 0.3) is 0 Å². The Balaban J connectivity index is 0. The van der Waals surface area contributed by atoms with E-state index in [9.17, 15) is 5.11 Å². The zero-order valence-electron chi connectivity index (χ0n) is 10.2. The molecule has 1 heteroatoms. The van der Waals surface area contributed by atoms with Crippen LogP contribution in [0.15, 0.2) is 24.3 Å². The molecule has 0 heterocycles. The third-order valence-electron chi connectivity index (χ3n) is 1.89. The molecule has 0 aromatic carbocycles. The molecule has 0 aromatic rings. The Labute approximate surface area is 89.5 Å². The number of rotatable bonds is 1. The topological polar surface area (TPSA) is 20.2 Å². The third kappa shape index (κ3) is 8.06. The molecule has 0 bridgehead atoms. The van der Waals surface area contributed by atoms with Gasteiger partial charge in [-0.3, -0.25) is 0 Å². The highest BCUT2D eigenvalue weighted by atomic mass is 16.3. The van der Waals surface area contributed by atoms with E-state index in [0.717, 1.165) is 25.7 Å². The van der Waals surface area contributed by atoms with Crippen LogP contribution in [0.4, 0.5) is 0 Å². The molecule has 1 aliphatic carbocycles. The quantitative estimate of drug-likeness (QED) is 0.673. The van der Waals surface area contributed by atoms with Crippen molar-refractivity contribution < 1.29 is 5.11 Å². The fourth-order valence-electron chi connectivity index (χ4n) is 1.39. The van der Waals surface area contributed by atoms with Gasteiger partial charge in [-0.25, -0.2) is 0 Å². The van der Waals surface area contributed by atoms with Gasteiger partial charge in [0, 0.05) is 0 Å². The molecule has 1 nitrogen and oxygen atoms in total. The van der Waals surface area contributed by atoms with E-state index in [2.05, 4.69) is 6.58 Å². The van der Waals surface area contributed by atoms with E-state index in [1.807, 2.05) is 33.8 Å². The van der Waals surface area contributed by atoms with Crippen LogP contribution in [0.5, 0.6) is 0 Å². The minimum Gasteiger partial charge on any atom is -0.393 e. The number of hydrogen-bond donors (Lipinski definition) is 1. The summed E-state index contributed by atoms with van der Waals surface area (Å²) in [6.45, 7) is 11.6. The van der Waals surface area contributed by atoms with E-state index >= 15 is 0 Å². The average Bonchev–Trinajstić information content (AvgIpc) is 2.24. The van der Waals surface area contributed by atoms with Crippen LogP contribution in [0.25, 0.3) is 0 Å². The second-order valence-electron chi connectivity index (χ2n) is 2.81. The van der Waals surface area contributed by atoms with E-state index < -0.39 is 0 Å². The van der Waals surface area contributed by atoms with Gasteiger partial charge in [0.2, 0.25) is 0 Å². The third-order valence-corrected chi connectivity index (χ3v) is 1.89. The van der Waals surface area contributed by atoms with E-state index in [4.69, 9.17) is 0 Å². The fraction of sp³-hybridized carbons (Fsp3) is 0.692. The molecule has 1 rings (SSSR count). The first-order chi connectivity index (χ1) is 6.83. The van der Waals surface area contributed by atoms with Crippen LogP contribution in [-0.2, 0) is 0 Å². The summed E-state index contributed by atoms with van der Waals surface area (Å²) in [6, 6.07) is 0. The summed E-state index contributed by atoms with van der Waals surface area (Å²) in [5.41, 5.74) is 1.34. The molecule has 0 radical (unpaired) electrons. The van der Waals surface area contributed by atoms with E-state index in [1.165, 1.54) is 5.57 Å². The zero-order chi connectivity index (χ0) is 11.4. The predicted molar refractivity (Wildman–Crippen MR) is 65.5 cm³/mol. The average molecular weight is 198 g/mol. The summed E-state index contributed by atoms with van der Waals surface area (Å²) in [5.74, 6) is 0. The zero-order valence-corrected chi connectivity index (χ0v) is 10.2. The van der Waals surface area contributed by atoms with Gasteiger partial charge < -0.3 is 5.11 Å². The molecular weight excluding hydrogens is 172 g/mol. The largest absolute Gasteiger partial charge is 0.393 e. The SMILES string of the molecule is C=CC=C1CCCC(O)C1.CC.CC. The molecule has 1 unspecified atom stereocenters. The van der Waals surface area contributed by atoms with Crippen LogP contribution in [-0.4, -0.2) is 11.2 Å². The summed E-state index contributed by atoms with van der Waals surface area (Å²) in [4.78, 5) is 0. The first kappa shape index (κ1) is 15.9. The van der Waals surface area contributed by atoms with Crippen molar-refractivity contribution in [1.29, 1.82) is 0 Å². The molecule has 0 spiro atoms. The Bertz CT molecular complexity index is 147. The van der Waals surface area contributed by atoms with Crippen molar-refractivity contribution in [1.82, 2.24) is 0 Å². The number of aliphatic hydroxyl groups excluding tert-OH is 1. The van der Waals surface area contributed by atoms with E-state index in [-0.39, 0.29) is 6.10 Å². The second kappa shape index (κ2) is 12.4. The summed E-state index contributed by atoms with van der Waals surface area (Å²) in [5, 5.41) is 9.23. The molecular formula is C13H26O. The Morgan fingerprint density at radius 2 is 1.86 bits per heavy atom. The van der Waals surface area contributed by atoms with Crippen molar-refractivity contribution in [3.63, 3.8) is 0 Å². The second-order valence-corrected chi connectivity index (χ2v) is 2.81. The number of hydrogen-bond acceptors (Lipinski definition) is 1. The lowest BCUT2D eigenvalue weighted by atomic mass is 9.92. The maximum absolute atomic E-state index is 9.23. The summed E-state index contributed by atoms with van der Waals surface area (Å²) < 4.78 is 0. The van der Waals surface area contributed by atoms with Gasteiger partial charge in [-0.1, -0.05) is 52.0 Å². The molecule has 14 heavy (non-hydrogen) atoms. The van der Waals surface area contributed by atoms with Crippen LogP contribution in [0, 0.1) is 0 Å². The lowest BCUT2D eigenvalue weighted by Crippen LogP contribution is -2.12. The molecule has 1 aliphatic rings. The minimum absolute atomic E-state index is 0.0973. The summed E-state index contributed by atoms with van der Waals surface area (Å²) in [6.07, 6.45) is 7.81. The summed E-state index contributed by atoms with van der Waals surface area (Å²) >= 11 is 0.